The molecule has 315 valence electrons. The molecule has 0 bridgehead atoms. The second-order valence-corrected chi connectivity index (χ2v) is 20.9. The van der Waals surface area contributed by atoms with E-state index in [2.05, 4.69) is 123 Å². The molecule has 4 aromatic carbocycles. The van der Waals surface area contributed by atoms with Crippen molar-refractivity contribution < 1.29 is 34.7 Å². The van der Waals surface area contributed by atoms with Gasteiger partial charge in [-0.15, -0.1) is 17.5 Å². The molecule has 0 atom stereocenters. The number of carbonyl (C=O) groups is 1. The topological polar surface area (TPSA) is 59.4 Å². The van der Waals surface area contributed by atoms with Gasteiger partial charge in [0.25, 0.3) is 0 Å². The number of aliphatic hydroxyl groups excluding tert-OH is 1. The van der Waals surface area contributed by atoms with E-state index in [1.54, 1.807) is 0 Å². The summed E-state index contributed by atoms with van der Waals surface area (Å²) >= 11 is 0. The molecule has 0 saturated heterocycles. The maximum atomic E-state index is 12.2. The van der Waals surface area contributed by atoms with E-state index >= 15 is 0 Å². The van der Waals surface area contributed by atoms with E-state index in [4.69, 9.17) is 9.72 Å². The van der Waals surface area contributed by atoms with Crippen molar-refractivity contribution in [2.24, 2.45) is 27.1 Å². The zero-order chi connectivity index (χ0) is 42.3. The van der Waals surface area contributed by atoms with E-state index < -0.39 is 0 Å². The first kappa shape index (κ1) is 47.2. The third kappa shape index (κ3) is 10.4. The summed E-state index contributed by atoms with van der Waals surface area (Å²) in [5.74, 6) is 2.13. The molecular weight excluding hydrogens is 891 g/mol. The Morgan fingerprint density at radius 3 is 1.83 bits per heavy atom. The average Bonchev–Trinajstić information content (AvgIpc) is 3.12. The predicted molar refractivity (Wildman–Crippen MR) is 244 cm³/mol. The summed E-state index contributed by atoms with van der Waals surface area (Å²) in [5.41, 5.74) is 6.78. The van der Waals surface area contributed by atoms with Crippen molar-refractivity contribution >= 4 is 38.2 Å². The molecule has 1 radical (unpaired) electrons. The molecular formula is C53H70IrNO3-. The normalized spacial score (nSPS) is 13.5. The summed E-state index contributed by atoms with van der Waals surface area (Å²) < 4.78 is 6.98. The van der Waals surface area contributed by atoms with Gasteiger partial charge in [0.2, 0.25) is 0 Å². The minimum absolute atomic E-state index is 0. The van der Waals surface area contributed by atoms with Gasteiger partial charge in [-0.1, -0.05) is 162 Å². The van der Waals surface area contributed by atoms with Crippen molar-refractivity contribution in [1.29, 1.82) is 0 Å². The smallest absolute Gasteiger partial charge is 0.164 e. The fourth-order valence-electron chi connectivity index (χ4n) is 8.00. The molecule has 0 spiro atoms. The third-order valence-corrected chi connectivity index (χ3v) is 12.2. The van der Waals surface area contributed by atoms with Crippen molar-refractivity contribution in [3.63, 3.8) is 0 Å². The van der Waals surface area contributed by atoms with Crippen LogP contribution in [-0.2, 0) is 44.2 Å². The quantitative estimate of drug-likeness (QED) is 0.0643. The first-order chi connectivity index (χ1) is 26.4. The van der Waals surface area contributed by atoms with Gasteiger partial charge in [0.05, 0.1) is 11.3 Å². The van der Waals surface area contributed by atoms with E-state index in [0.29, 0.717) is 0 Å². The van der Waals surface area contributed by atoms with Crippen LogP contribution in [0.2, 0.25) is 0 Å². The summed E-state index contributed by atoms with van der Waals surface area (Å²) in [7, 11) is 0. The van der Waals surface area contributed by atoms with Crippen LogP contribution in [0.15, 0.2) is 66.4 Å². The SMILES string of the molecule is CC(C)(C)Cc1ccc2c(CC(C)(C)C)c3c([c-]c2c1)-c1nc2ccccc2c2cc(CC(C)(C)C)cc(c12)O3.CCC(C)(CC)C(=O)/C=C(\O)C(C)(CC)CC.[Ir]. The number of aliphatic hydroxyl groups is 1. The van der Waals surface area contributed by atoms with Crippen molar-refractivity contribution in [1.82, 2.24) is 4.98 Å². The number of benzene rings is 4. The Kier molecular flexibility index (Phi) is 14.3. The second-order valence-electron chi connectivity index (χ2n) is 20.9. The zero-order valence-electron chi connectivity index (χ0n) is 38.3. The minimum atomic E-state index is -0.337. The standard InChI is InChI=1S/C38H42NO.C15H28O2.Ir/c1-36(2,3)20-23-14-15-26-25(16-23)19-29-34-33-28(27-12-10-11-13-31(27)39-34)17-24(21-37(4,5)6)18-32(33)40-35(29)30(26)22-38(7,8)9;1-7-14(5,8-2)12(16)11-13(17)15(6,9-3)10-4;/h10-18H,20-22H2,1-9H3;11,16H,7-10H2,1-6H3;/q-1;;/b;12-11-;. The van der Waals surface area contributed by atoms with Gasteiger partial charge in [-0.2, -0.15) is 0 Å². The van der Waals surface area contributed by atoms with Gasteiger partial charge in [-0.25, -0.2) is 0 Å². The minimum Gasteiger partial charge on any atom is -0.512 e. The number of ether oxygens (including phenoxy) is 1. The molecule has 1 N–H and O–H groups in total. The number of hydrogen-bond acceptors (Lipinski definition) is 4. The third-order valence-electron chi connectivity index (χ3n) is 12.2. The van der Waals surface area contributed by atoms with Crippen LogP contribution in [0.5, 0.6) is 11.5 Å². The van der Waals surface area contributed by atoms with Crippen molar-refractivity contribution in [2.75, 3.05) is 0 Å². The maximum Gasteiger partial charge on any atom is 0.164 e. The molecule has 1 aromatic heterocycles. The molecule has 0 aliphatic carbocycles. The second kappa shape index (κ2) is 17.6. The largest absolute Gasteiger partial charge is 0.512 e. The van der Waals surface area contributed by atoms with E-state index in [0.717, 1.165) is 84.0 Å². The zero-order valence-corrected chi connectivity index (χ0v) is 40.7. The number of para-hydroxylation sites is 1. The summed E-state index contributed by atoms with van der Waals surface area (Å²) in [4.78, 5) is 17.5. The number of ketones is 1. The fourth-order valence-corrected chi connectivity index (χ4v) is 8.00. The van der Waals surface area contributed by atoms with Crippen molar-refractivity contribution in [2.45, 2.75) is 149 Å². The summed E-state index contributed by atoms with van der Waals surface area (Å²) in [6.07, 6.45) is 7.67. The van der Waals surface area contributed by atoms with Crippen LogP contribution in [0.3, 0.4) is 0 Å². The molecule has 1 aliphatic rings. The van der Waals surface area contributed by atoms with Crippen LogP contribution in [-0.4, -0.2) is 15.9 Å². The van der Waals surface area contributed by atoms with E-state index in [9.17, 15) is 9.90 Å². The molecule has 0 unspecified atom stereocenters. The van der Waals surface area contributed by atoms with Gasteiger partial charge < -0.3 is 9.84 Å². The first-order valence-electron chi connectivity index (χ1n) is 21.4. The van der Waals surface area contributed by atoms with Crippen LogP contribution in [0.1, 0.15) is 146 Å². The number of fused-ring (bicyclic) bond motifs is 5. The molecule has 0 fully saturated rings. The Morgan fingerprint density at radius 2 is 1.26 bits per heavy atom. The number of carbonyl (C=O) groups excluding carboxylic acids is 1. The monoisotopic (exact) mass is 961 g/mol. The van der Waals surface area contributed by atoms with Crippen molar-refractivity contribution in [3.05, 3.63) is 89.2 Å². The van der Waals surface area contributed by atoms with Gasteiger partial charge in [-0.3, -0.25) is 9.78 Å². The van der Waals surface area contributed by atoms with Crippen LogP contribution < -0.4 is 4.74 Å². The predicted octanol–water partition coefficient (Wildman–Crippen LogP) is 15.5. The molecule has 1 aliphatic heterocycles. The Morgan fingerprint density at radius 1 is 0.690 bits per heavy atom. The molecule has 4 nitrogen and oxygen atoms in total. The Bertz CT molecular complexity index is 2300. The molecule has 0 saturated carbocycles. The molecule has 5 heteroatoms. The van der Waals surface area contributed by atoms with Crippen LogP contribution >= 0.6 is 0 Å². The van der Waals surface area contributed by atoms with Crippen LogP contribution in [0.4, 0.5) is 0 Å². The van der Waals surface area contributed by atoms with Crippen LogP contribution in [0, 0.1) is 33.1 Å². The van der Waals surface area contributed by atoms with E-state index in [1.165, 1.54) is 38.9 Å². The first-order valence-corrected chi connectivity index (χ1v) is 21.4. The molecule has 0 amide bonds. The van der Waals surface area contributed by atoms with E-state index in [1.807, 2.05) is 41.5 Å². The van der Waals surface area contributed by atoms with Gasteiger partial charge in [0.15, 0.2) is 5.78 Å². The number of aromatic nitrogens is 1. The molecule has 2 heterocycles. The summed E-state index contributed by atoms with van der Waals surface area (Å²) in [6.45, 7) is 32.8. The summed E-state index contributed by atoms with van der Waals surface area (Å²) in [6, 6.07) is 23.9. The van der Waals surface area contributed by atoms with Gasteiger partial charge >= 0.3 is 0 Å². The number of allylic oxidation sites excluding steroid dienone is 2. The molecule has 5 aromatic rings. The Hall–Kier alpha value is -3.53. The molecule has 6 rings (SSSR count). The maximum absolute atomic E-state index is 12.2. The number of nitrogens with zero attached hydrogens (tertiary/aromatic N) is 1. The van der Waals surface area contributed by atoms with Crippen molar-refractivity contribution in [3.8, 4) is 22.8 Å². The van der Waals surface area contributed by atoms with Gasteiger partial charge in [-0.05, 0) is 84.3 Å². The number of rotatable bonds is 10. The molecule has 58 heavy (non-hydrogen) atoms. The van der Waals surface area contributed by atoms with Crippen LogP contribution in [0.25, 0.3) is 43.7 Å². The Labute approximate surface area is 364 Å². The summed E-state index contributed by atoms with van der Waals surface area (Å²) in [5, 5.41) is 16.0. The van der Waals surface area contributed by atoms with Gasteiger partial charge in [0.1, 0.15) is 11.5 Å². The average molecular weight is 961 g/mol. The van der Waals surface area contributed by atoms with Gasteiger partial charge in [0, 0.05) is 53.5 Å². The van der Waals surface area contributed by atoms with E-state index in [-0.39, 0.29) is 58.7 Å². The Balaban J connectivity index is 0.000000353. The number of pyridine rings is 1. The number of hydrogen-bond donors (Lipinski definition) is 1. The fraction of sp³-hybridized carbons (Fsp3) is 0.509.